The zero-order valence-electron chi connectivity index (χ0n) is 20.2. The molecule has 1 aromatic heterocycles. The van der Waals surface area contributed by atoms with Gasteiger partial charge in [0.1, 0.15) is 5.75 Å². The lowest BCUT2D eigenvalue weighted by molar-refractivity contribution is -0.0158. The summed E-state index contributed by atoms with van der Waals surface area (Å²) in [5, 5.41) is 16.0. The number of nitrogens with zero attached hydrogens (tertiary/aromatic N) is 3. The number of hydrogen-bond donors (Lipinski definition) is 2. The van der Waals surface area contributed by atoms with Crippen molar-refractivity contribution in [2.75, 3.05) is 24.6 Å². The van der Waals surface area contributed by atoms with Gasteiger partial charge in [0.2, 0.25) is 0 Å². The van der Waals surface area contributed by atoms with Gasteiger partial charge in [0.25, 0.3) is 17.7 Å². The zero-order chi connectivity index (χ0) is 24.9. The van der Waals surface area contributed by atoms with Crippen LogP contribution in [0.2, 0.25) is 0 Å². The molecule has 0 spiro atoms. The molecule has 1 aliphatic heterocycles. The standard InChI is InChI=1S/C24H34F2N4O4/c1-15-14-19(7-8-20(15)21(32)27-16(2)17(3)31)33-13-5-6-18-9-11-30(12-10-18)23-28-22(34-29-23)24(4,25)26/h7-8,14,16-18,31H,5-6,9-13H2,1-4H3,(H,27,32). The number of alkyl halides is 2. The van der Waals surface area contributed by atoms with E-state index in [0.29, 0.717) is 36.9 Å². The molecule has 1 fully saturated rings. The molecule has 1 saturated heterocycles. The first-order chi connectivity index (χ1) is 16.0. The van der Waals surface area contributed by atoms with Gasteiger partial charge in [-0.15, -0.1) is 0 Å². The van der Waals surface area contributed by atoms with Gasteiger partial charge in [0.05, 0.1) is 18.8 Å². The van der Waals surface area contributed by atoms with Crippen molar-refractivity contribution in [3.8, 4) is 5.75 Å². The third-order valence-electron chi connectivity index (χ3n) is 6.24. The van der Waals surface area contributed by atoms with Crippen LogP contribution in [0.5, 0.6) is 5.75 Å². The average Bonchev–Trinajstić information content (AvgIpc) is 3.28. The fraction of sp³-hybridized carbons (Fsp3) is 0.625. The quantitative estimate of drug-likeness (QED) is 0.495. The van der Waals surface area contributed by atoms with Crippen LogP contribution < -0.4 is 15.0 Å². The smallest absolute Gasteiger partial charge is 0.322 e. The van der Waals surface area contributed by atoms with Gasteiger partial charge in [-0.3, -0.25) is 4.79 Å². The predicted molar refractivity (Wildman–Crippen MR) is 123 cm³/mol. The van der Waals surface area contributed by atoms with Crippen molar-refractivity contribution in [1.29, 1.82) is 0 Å². The molecule has 3 rings (SSSR count). The highest BCUT2D eigenvalue weighted by Crippen LogP contribution is 2.29. The van der Waals surface area contributed by atoms with Gasteiger partial charge in [-0.25, -0.2) is 0 Å². The van der Waals surface area contributed by atoms with Gasteiger partial charge < -0.3 is 24.6 Å². The first-order valence-electron chi connectivity index (χ1n) is 11.7. The van der Waals surface area contributed by atoms with Crippen LogP contribution in [0.3, 0.4) is 0 Å². The number of amides is 1. The Morgan fingerprint density at radius 2 is 2.06 bits per heavy atom. The Kier molecular flexibility index (Phi) is 8.46. The molecule has 0 aliphatic carbocycles. The number of aliphatic hydroxyl groups is 1. The van der Waals surface area contributed by atoms with Gasteiger partial charge in [0, 0.05) is 25.6 Å². The summed E-state index contributed by atoms with van der Waals surface area (Å²) >= 11 is 0. The number of aromatic nitrogens is 2. The number of halogens is 2. The van der Waals surface area contributed by atoms with E-state index < -0.39 is 17.9 Å². The summed E-state index contributed by atoms with van der Waals surface area (Å²) in [6.45, 7) is 7.98. The SMILES string of the molecule is Cc1cc(OCCCC2CCN(c3noc(C(C)(F)F)n3)CC2)ccc1C(=O)NC(C)C(C)O. The number of anilines is 1. The molecular weight excluding hydrogens is 446 g/mol. The number of carbonyl (C=O) groups is 1. The van der Waals surface area contributed by atoms with E-state index in [1.807, 2.05) is 17.9 Å². The molecule has 8 nitrogen and oxygen atoms in total. The number of hydrogen-bond acceptors (Lipinski definition) is 7. The lowest BCUT2D eigenvalue weighted by atomic mass is 9.92. The second-order valence-electron chi connectivity index (χ2n) is 9.19. The molecule has 1 aliphatic rings. The van der Waals surface area contributed by atoms with Crippen molar-refractivity contribution in [2.45, 2.75) is 71.4 Å². The molecule has 1 aromatic carbocycles. The molecule has 1 amide bonds. The Morgan fingerprint density at radius 1 is 1.35 bits per heavy atom. The predicted octanol–water partition coefficient (Wildman–Crippen LogP) is 4.06. The Morgan fingerprint density at radius 3 is 2.65 bits per heavy atom. The van der Waals surface area contributed by atoms with Crippen LogP contribution in [0.25, 0.3) is 0 Å². The minimum Gasteiger partial charge on any atom is -0.494 e. The highest BCUT2D eigenvalue weighted by Gasteiger charge is 2.33. The molecule has 2 atom stereocenters. The van der Waals surface area contributed by atoms with E-state index in [2.05, 4.69) is 20.0 Å². The molecule has 10 heteroatoms. The molecule has 2 N–H and O–H groups in total. The van der Waals surface area contributed by atoms with Crippen LogP contribution in [0.4, 0.5) is 14.7 Å². The summed E-state index contributed by atoms with van der Waals surface area (Å²) in [6.07, 6.45) is 3.14. The molecule has 0 saturated carbocycles. The van der Waals surface area contributed by atoms with Gasteiger partial charge >= 0.3 is 5.92 Å². The number of ether oxygens (including phenoxy) is 1. The Hall–Kier alpha value is -2.75. The van der Waals surface area contributed by atoms with Crippen LogP contribution in [-0.4, -0.2) is 53.0 Å². The van der Waals surface area contributed by atoms with E-state index in [-0.39, 0.29) is 17.9 Å². The summed E-state index contributed by atoms with van der Waals surface area (Å²) in [4.78, 5) is 18.1. The van der Waals surface area contributed by atoms with Crippen molar-refractivity contribution in [2.24, 2.45) is 5.92 Å². The van der Waals surface area contributed by atoms with Crippen LogP contribution in [0.15, 0.2) is 22.7 Å². The second kappa shape index (κ2) is 11.1. The van der Waals surface area contributed by atoms with Crippen LogP contribution in [0, 0.1) is 12.8 Å². The molecule has 0 bridgehead atoms. The third kappa shape index (κ3) is 6.88. The summed E-state index contributed by atoms with van der Waals surface area (Å²) in [5.41, 5.74) is 1.37. The third-order valence-corrected chi connectivity index (χ3v) is 6.24. The summed E-state index contributed by atoms with van der Waals surface area (Å²) < 4.78 is 37.1. The number of nitrogens with one attached hydrogen (secondary N) is 1. The largest absolute Gasteiger partial charge is 0.494 e. The van der Waals surface area contributed by atoms with Crippen molar-refractivity contribution >= 4 is 11.9 Å². The maximum Gasteiger partial charge on any atom is 0.322 e. The Labute approximate surface area is 198 Å². The molecule has 188 valence electrons. The fourth-order valence-corrected chi connectivity index (χ4v) is 3.89. The number of benzene rings is 1. The first-order valence-corrected chi connectivity index (χ1v) is 11.7. The lowest BCUT2D eigenvalue weighted by Crippen LogP contribution is -2.39. The van der Waals surface area contributed by atoms with Crippen molar-refractivity contribution in [1.82, 2.24) is 15.5 Å². The highest BCUT2D eigenvalue weighted by molar-refractivity contribution is 5.96. The molecule has 0 radical (unpaired) electrons. The maximum absolute atomic E-state index is 13.3. The van der Waals surface area contributed by atoms with Crippen molar-refractivity contribution in [3.63, 3.8) is 0 Å². The van der Waals surface area contributed by atoms with Crippen LogP contribution in [0.1, 0.15) is 68.3 Å². The van der Waals surface area contributed by atoms with E-state index in [9.17, 15) is 18.7 Å². The molecule has 2 heterocycles. The number of piperidine rings is 1. The van der Waals surface area contributed by atoms with Crippen molar-refractivity contribution in [3.05, 3.63) is 35.2 Å². The van der Waals surface area contributed by atoms with Crippen LogP contribution >= 0.6 is 0 Å². The van der Waals surface area contributed by atoms with Gasteiger partial charge in [-0.05, 0) is 81.3 Å². The highest BCUT2D eigenvalue weighted by atomic mass is 19.3. The molecule has 2 aromatic rings. The number of aliphatic hydroxyl groups excluding tert-OH is 1. The monoisotopic (exact) mass is 480 g/mol. The summed E-state index contributed by atoms with van der Waals surface area (Å²) in [5.74, 6) is -2.53. The molecule has 2 unspecified atom stereocenters. The fourth-order valence-electron chi connectivity index (χ4n) is 3.89. The minimum absolute atomic E-state index is 0.218. The van der Waals surface area contributed by atoms with Gasteiger partial charge in [0.15, 0.2) is 0 Å². The van der Waals surface area contributed by atoms with Gasteiger partial charge in [-0.1, -0.05) is 0 Å². The van der Waals surface area contributed by atoms with E-state index in [1.54, 1.807) is 26.0 Å². The molecule has 34 heavy (non-hydrogen) atoms. The zero-order valence-corrected chi connectivity index (χ0v) is 20.2. The topological polar surface area (TPSA) is 101 Å². The van der Waals surface area contributed by atoms with Gasteiger partial charge in [-0.2, -0.15) is 13.8 Å². The first kappa shape index (κ1) is 25.9. The van der Waals surface area contributed by atoms with Crippen LogP contribution in [-0.2, 0) is 5.92 Å². The number of rotatable bonds is 10. The number of aryl methyl sites for hydroxylation is 1. The number of carbonyl (C=O) groups excluding carboxylic acids is 1. The van der Waals surface area contributed by atoms with E-state index in [4.69, 9.17) is 4.74 Å². The van der Waals surface area contributed by atoms with E-state index in [1.165, 1.54) is 0 Å². The average molecular weight is 481 g/mol. The lowest BCUT2D eigenvalue weighted by Gasteiger charge is -2.30. The second-order valence-corrected chi connectivity index (χ2v) is 9.19. The Bertz CT molecular complexity index is 953. The normalized spacial score (nSPS) is 16.9. The summed E-state index contributed by atoms with van der Waals surface area (Å²) in [7, 11) is 0. The van der Waals surface area contributed by atoms with E-state index >= 15 is 0 Å². The minimum atomic E-state index is -3.13. The summed E-state index contributed by atoms with van der Waals surface area (Å²) in [6, 6.07) is 5.04. The molecular formula is C24H34F2N4O4. The van der Waals surface area contributed by atoms with E-state index in [0.717, 1.165) is 38.2 Å². The van der Waals surface area contributed by atoms with Crippen molar-refractivity contribution < 1.29 is 27.9 Å². The maximum atomic E-state index is 13.3. The Balaban J connectivity index is 1.38.